The van der Waals surface area contributed by atoms with Crippen LogP contribution >= 0.6 is 11.8 Å². The quantitative estimate of drug-likeness (QED) is 0.430. The number of ketones is 1. The average Bonchev–Trinajstić information content (AvgIpc) is 2.73. The first kappa shape index (κ1) is 19.7. The van der Waals surface area contributed by atoms with E-state index in [1.807, 2.05) is 30.3 Å². The average molecular weight is 391 g/mol. The van der Waals surface area contributed by atoms with Crippen molar-refractivity contribution >= 4 is 29.1 Å². The second kappa shape index (κ2) is 9.24. The first-order valence-electron chi connectivity index (χ1n) is 8.84. The third-order valence-corrected chi connectivity index (χ3v) is 5.27. The van der Waals surface area contributed by atoms with E-state index in [0.29, 0.717) is 22.6 Å². The Labute approximate surface area is 168 Å². The van der Waals surface area contributed by atoms with Gasteiger partial charge in [0, 0.05) is 33.0 Å². The molecule has 0 heterocycles. The van der Waals surface area contributed by atoms with Crippen molar-refractivity contribution in [2.45, 2.75) is 17.6 Å². The number of rotatable bonds is 7. The molecule has 3 rings (SSSR count). The van der Waals surface area contributed by atoms with Gasteiger partial charge >= 0.3 is 0 Å². The van der Waals surface area contributed by atoms with Gasteiger partial charge in [-0.15, -0.1) is 11.8 Å². The number of nitrogens with one attached hydrogen (secondary N) is 1. The van der Waals surface area contributed by atoms with Crippen molar-refractivity contribution in [2.24, 2.45) is 0 Å². The van der Waals surface area contributed by atoms with Crippen LogP contribution in [0, 0.1) is 0 Å². The lowest BCUT2D eigenvalue weighted by Gasteiger charge is -2.11. The highest BCUT2D eigenvalue weighted by atomic mass is 32.2. The highest BCUT2D eigenvalue weighted by Crippen LogP contribution is 2.29. The van der Waals surface area contributed by atoms with Crippen LogP contribution in [-0.4, -0.2) is 18.8 Å². The van der Waals surface area contributed by atoms with E-state index in [2.05, 4.69) is 17.4 Å². The first-order chi connectivity index (χ1) is 13.6. The van der Waals surface area contributed by atoms with Gasteiger partial charge in [-0.05, 0) is 49.4 Å². The molecule has 0 aliphatic rings. The highest BCUT2D eigenvalue weighted by Gasteiger charge is 2.12. The number of hydrogen-bond donors (Lipinski definition) is 1. The lowest BCUT2D eigenvalue weighted by atomic mass is 10.1. The molecule has 0 aromatic heterocycles. The molecule has 0 saturated heterocycles. The molecular weight excluding hydrogens is 370 g/mol. The molecular formula is C23H21NO3S. The molecule has 0 radical (unpaired) electrons. The van der Waals surface area contributed by atoms with Gasteiger partial charge in [0.2, 0.25) is 0 Å². The summed E-state index contributed by atoms with van der Waals surface area (Å²) in [7, 11) is 1.62. The van der Waals surface area contributed by atoms with E-state index in [1.54, 1.807) is 49.2 Å². The molecule has 0 unspecified atom stereocenters. The van der Waals surface area contributed by atoms with Gasteiger partial charge in [0.1, 0.15) is 5.75 Å². The zero-order chi connectivity index (χ0) is 19.9. The molecule has 5 heteroatoms. The smallest absolute Gasteiger partial charge is 0.255 e. The van der Waals surface area contributed by atoms with Gasteiger partial charge in [0.15, 0.2) is 5.78 Å². The molecule has 0 aliphatic carbocycles. The maximum atomic E-state index is 12.7. The molecule has 3 aromatic rings. The van der Waals surface area contributed by atoms with Crippen molar-refractivity contribution < 1.29 is 14.3 Å². The summed E-state index contributed by atoms with van der Waals surface area (Å²) in [6.45, 7) is 1.50. The molecule has 4 nitrogen and oxygen atoms in total. The van der Waals surface area contributed by atoms with E-state index in [0.717, 1.165) is 16.2 Å². The van der Waals surface area contributed by atoms with E-state index in [-0.39, 0.29) is 11.7 Å². The minimum atomic E-state index is -0.227. The number of carbonyl (C=O) groups excluding carboxylic acids is 2. The van der Waals surface area contributed by atoms with Crippen molar-refractivity contribution in [3.05, 3.63) is 89.5 Å². The SMILES string of the molecule is COc1ccc(C(=O)Nc2cccc(C(C)=O)c2)cc1CSc1ccccc1. The Balaban J connectivity index is 1.77. The summed E-state index contributed by atoms with van der Waals surface area (Å²) in [6, 6.07) is 22.4. The summed E-state index contributed by atoms with van der Waals surface area (Å²) in [5.74, 6) is 1.17. The van der Waals surface area contributed by atoms with E-state index < -0.39 is 0 Å². The Morgan fingerprint density at radius 2 is 1.71 bits per heavy atom. The lowest BCUT2D eigenvalue weighted by Crippen LogP contribution is -2.12. The van der Waals surface area contributed by atoms with Crippen molar-refractivity contribution in [3.63, 3.8) is 0 Å². The van der Waals surface area contributed by atoms with Crippen molar-refractivity contribution in [3.8, 4) is 5.75 Å². The number of ether oxygens (including phenoxy) is 1. The van der Waals surface area contributed by atoms with Crippen LogP contribution < -0.4 is 10.1 Å². The molecule has 0 aliphatic heterocycles. The normalized spacial score (nSPS) is 10.4. The number of Topliss-reactive ketones (excluding diaryl/α,β-unsaturated/α-hetero) is 1. The topological polar surface area (TPSA) is 55.4 Å². The molecule has 1 N–H and O–H groups in total. The fraction of sp³-hybridized carbons (Fsp3) is 0.130. The van der Waals surface area contributed by atoms with Crippen molar-refractivity contribution in [2.75, 3.05) is 12.4 Å². The van der Waals surface area contributed by atoms with Crippen LogP contribution in [0.15, 0.2) is 77.7 Å². The van der Waals surface area contributed by atoms with Gasteiger partial charge in [-0.25, -0.2) is 0 Å². The molecule has 0 spiro atoms. The molecule has 0 fully saturated rings. The standard InChI is InChI=1S/C23H21NO3S/c1-16(25)17-7-6-8-20(14-17)24-23(26)18-11-12-22(27-2)19(13-18)15-28-21-9-4-3-5-10-21/h3-14H,15H2,1-2H3,(H,24,26). The summed E-state index contributed by atoms with van der Waals surface area (Å²) < 4.78 is 5.45. The third-order valence-electron chi connectivity index (χ3n) is 4.21. The predicted octanol–water partition coefficient (Wildman–Crippen LogP) is 5.44. The second-order valence-corrected chi connectivity index (χ2v) is 7.27. The van der Waals surface area contributed by atoms with Crippen molar-refractivity contribution in [1.29, 1.82) is 0 Å². The Kier molecular flexibility index (Phi) is 6.50. The lowest BCUT2D eigenvalue weighted by molar-refractivity contribution is 0.101. The van der Waals surface area contributed by atoms with E-state index in [1.165, 1.54) is 6.92 Å². The van der Waals surface area contributed by atoms with Crippen LogP contribution in [0.25, 0.3) is 0 Å². The number of hydrogen-bond acceptors (Lipinski definition) is 4. The third kappa shape index (κ3) is 5.02. The van der Waals surface area contributed by atoms with Crippen LogP contribution in [0.3, 0.4) is 0 Å². The van der Waals surface area contributed by atoms with Crippen LogP contribution in [0.5, 0.6) is 5.75 Å². The van der Waals surface area contributed by atoms with Gasteiger partial charge in [0.25, 0.3) is 5.91 Å². The van der Waals surface area contributed by atoms with Gasteiger partial charge in [-0.2, -0.15) is 0 Å². The number of amides is 1. The minimum Gasteiger partial charge on any atom is -0.496 e. The van der Waals surface area contributed by atoms with Crippen LogP contribution in [0.4, 0.5) is 5.69 Å². The maximum Gasteiger partial charge on any atom is 0.255 e. The number of thioether (sulfide) groups is 1. The molecule has 142 valence electrons. The first-order valence-corrected chi connectivity index (χ1v) is 9.82. The molecule has 0 saturated carbocycles. The highest BCUT2D eigenvalue weighted by molar-refractivity contribution is 7.98. The van der Waals surface area contributed by atoms with E-state index >= 15 is 0 Å². The number of benzene rings is 3. The van der Waals surface area contributed by atoms with Crippen LogP contribution in [-0.2, 0) is 5.75 Å². The second-order valence-electron chi connectivity index (χ2n) is 6.22. The van der Waals surface area contributed by atoms with Crippen LogP contribution in [0.2, 0.25) is 0 Å². The molecule has 0 atom stereocenters. The van der Waals surface area contributed by atoms with Crippen LogP contribution in [0.1, 0.15) is 33.2 Å². The summed E-state index contributed by atoms with van der Waals surface area (Å²) in [4.78, 5) is 25.4. The number of carbonyl (C=O) groups is 2. The van der Waals surface area contributed by atoms with Gasteiger partial charge in [-0.3, -0.25) is 9.59 Å². The summed E-state index contributed by atoms with van der Waals surface area (Å²) in [5, 5.41) is 2.85. The summed E-state index contributed by atoms with van der Waals surface area (Å²) in [5.41, 5.74) is 2.64. The Morgan fingerprint density at radius 1 is 0.929 bits per heavy atom. The predicted molar refractivity (Wildman–Crippen MR) is 113 cm³/mol. The Hall–Kier alpha value is -3.05. The summed E-state index contributed by atoms with van der Waals surface area (Å²) >= 11 is 1.68. The van der Waals surface area contributed by atoms with E-state index in [4.69, 9.17) is 4.74 Å². The van der Waals surface area contributed by atoms with Crippen molar-refractivity contribution in [1.82, 2.24) is 0 Å². The molecule has 0 bridgehead atoms. The minimum absolute atomic E-state index is 0.0410. The Bertz CT molecular complexity index is 986. The van der Waals surface area contributed by atoms with E-state index in [9.17, 15) is 9.59 Å². The summed E-state index contributed by atoms with van der Waals surface area (Å²) in [6.07, 6.45) is 0. The maximum absolute atomic E-state index is 12.7. The molecule has 3 aromatic carbocycles. The number of methoxy groups -OCH3 is 1. The van der Waals surface area contributed by atoms with Gasteiger partial charge < -0.3 is 10.1 Å². The number of anilines is 1. The fourth-order valence-electron chi connectivity index (χ4n) is 2.73. The monoisotopic (exact) mass is 391 g/mol. The largest absolute Gasteiger partial charge is 0.496 e. The molecule has 28 heavy (non-hydrogen) atoms. The zero-order valence-corrected chi connectivity index (χ0v) is 16.6. The van der Waals surface area contributed by atoms with Gasteiger partial charge in [-0.1, -0.05) is 30.3 Å². The fourth-order valence-corrected chi connectivity index (χ4v) is 3.63. The Morgan fingerprint density at radius 3 is 2.43 bits per heavy atom. The van der Waals surface area contributed by atoms with Gasteiger partial charge in [0.05, 0.1) is 7.11 Å². The zero-order valence-electron chi connectivity index (χ0n) is 15.8. The molecule has 1 amide bonds.